The Kier molecular flexibility index (Phi) is 4.72. The number of quaternary nitrogens is 2. The first-order valence-corrected chi connectivity index (χ1v) is 9.87. The second-order valence-corrected chi connectivity index (χ2v) is 8.11. The van der Waals surface area contributed by atoms with Crippen LogP contribution >= 0.6 is 31.9 Å². The normalized spacial score (nSPS) is 15.9. The molecule has 24 heavy (non-hydrogen) atoms. The van der Waals surface area contributed by atoms with E-state index in [-0.39, 0.29) is 0 Å². The molecule has 3 heterocycles. The van der Waals surface area contributed by atoms with Gasteiger partial charge in [0.2, 0.25) is 0 Å². The summed E-state index contributed by atoms with van der Waals surface area (Å²) in [6, 6.07) is 12.6. The van der Waals surface area contributed by atoms with E-state index in [0.29, 0.717) is 0 Å². The standard InChI is InChI=1S/C18H18Br2N4/c19-14-3-1-13(2-4-14)18-16(12-23-9-7-21-8-10-23)24-11-15(20)5-6-17(24)22-18/h1-6,11,21H,7-10,12H2/p+2. The minimum Gasteiger partial charge on any atom is -0.337 e. The van der Waals surface area contributed by atoms with Crippen molar-refractivity contribution in [1.29, 1.82) is 0 Å². The number of benzene rings is 1. The van der Waals surface area contributed by atoms with Crippen molar-refractivity contribution in [3.8, 4) is 11.3 Å². The Bertz CT molecular complexity index is 851. The Labute approximate surface area is 158 Å². The van der Waals surface area contributed by atoms with Crippen LogP contribution in [0.15, 0.2) is 51.5 Å². The summed E-state index contributed by atoms with van der Waals surface area (Å²) in [6.45, 7) is 5.85. The molecule has 0 spiro atoms. The summed E-state index contributed by atoms with van der Waals surface area (Å²) >= 11 is 7.12. The van der Waals surface area contributed by atoms with Crippen molar-refractivity contribution in [2.24, 2.45) is 0 Å². The molecular weight excluding hydrogens is 432 g/mol. The van der Waals surface area contributed by atoms with E-state index >= 15 is 0 Å². The summed E-state index contributed by atoms with van der Waals surface area (Å²) in [7, 11) is 0. The lowest BCUT2D eigenvalue weighted by Gasteiger charge is -2.22. The highest BCUT2D eigenvalue weighted by Crippen LogP contribution is 2.26. The van der Waals surface area contributed by atoms with Crippen molar-refractivity contribution in [3.63, 3.8) is 0 Å². The molecule has 0 unspecified atom stereocenters. The molecule has 1 saturated heterocycles. The third-order valence-electron chi connectivity index (χ3n) is 4.62. The smallest absolute Gasteiger partial charge is 0.137 e. The Balaban J connectivity index is 1.81. The van der Waals surface area contributed by atoms with Gasteiger partial charge in [-0.2, -0.15) is 0 Å². The maximum absolute atomic E-state index is 4.92. The number of nitrogens with zero attached hydrogens (tertiary/aromatic N) is 2. The van der Waals surface area contributed by atoms with Gasteiger partial charge in [-0.25, -0.2) is 4.98 Å². The average molecular weight is 452 g/mol. The maximum atomic E-state index is 4.92. The molecule has 0 aliphatic carbocycles. The lowest BCUT2D eigenvalue weighted by atomic mass is 10.1. The number of pyridine rings is 1. The minimum atomic E-state index is 1.01. The molecule has 2 aromatic heterocycles. The zero-order valence-electron chi connectivity index (χ0n) is 13.3. The molecule has 1 fully saturated rings. The van der Waals surface area contributed by atoms with Gasteiger partial charge in [-0.3, -0.25) is 4.40 Å². The number of nitrogens with two attached hydrogens (primary N) is 1. The molecule has 1 aromatic carbocycles. The van der Waals surface area contributed by atoms with Crippen LogP contribution in [0.1, 0.15) is 5.69 Å². The highest BCUT2D eigenvalue weighted by atomic mass is 79.9. The van der Waals surface area contributed by atoms with Crippen molar-refractivity contribution in [2.45, 2.75) is 6.54 Å². The van der Waals surface area contributed by atoms with Gasteiger partial charge in [0.1, 0.15) is 44.1 Å². The number of rotatable bonds is 3. The van der Waals surface area contributed by atoms with Crippen molar-refractivity contribution in [1.82, 2.24) is 9.38 Å². The summed E-state index contributed by atoms with van der Waals surface area (Å²) in [6.07, 6.45) is 2.13. The second kappa shape index (κ2) is 6.96. The molecule has 3 N–H and O–H groups in total. The third-order valence-corrected chi connectivity index (χ3v) is 5.62. The van der Waals surface area contributed by atoms with Crippen molar-refractivity contribution in [2.75, 3.05) is 26.2 Å². The first-order valence-electron chi connectivity index (χ1n) is 8.28. The molecule has 6 heteroatoms. The molecule has 0 saturated carbocycles. The van der Waals surface area contributed by atoms with Crippen molar-refractivity contribution in [3.05, 3.63) is 57.2 Å². The van der Waals surface area contributed by atoms with Crippen LogP contribution in [0.3, 0.4) is 0 Å². The summed E-state index contributed by atoms with van der Waals surface area (Å²) in [4.78, 5) is 6.56. The Morgan fingerprint density at radius 3 is 2.46 bits per heavy atom. The molecule has 1 aliphatic heterocycles. The first kappa shape index (κ1) is 16.3. The predicted octanol–water partition coefficient (Wildman–Crippen LogP) is 1.49. The Morgan fingerprint density at radius 2 is 1.71 bits per heavy atom. The predicted molar refractivity (Wildman–Crippen MR) is 102 cm³/mol. The van der Waals surface area contributed by atoms with Gasteiger partial charge in [0.05, 0.1) is 5.69 Å². The average Bonchev–Trinajstić information content (AvgIpc) is 2.94. The van der Waals surface area contributed by atoms with Gasteiger partial charge in [-0.1, -0.05) is 28.1 Å². The lowest BCUT2D eigenvalue weighted by Crippen LogP contribution is -3.19. The van der Waals surface area contributed by atoms with E-state index in [1.165, 1.54) is 37.4 Å². The van der Waals surface area contributed by atoms with Gasteiger partial charge in [0.25, 0.3) is 0 Å². The molecule has 124 valence electrons. The fourth-order valence-corrected chi connectivity index (χ4v) is 3.97. The summed E-state index contributed by atoms with van der Waals surface area (Å²) in [5, 5.41) is 2.41. The molecule has 0 bridgehead atoms. The van der Waals surface area contributed by atoms with E-state index in [1.54, 1.807) is 4.90 Å². The van der Waals surface area contributed by atoms with Crippen LogP contribution in [0, 0.1) is 0 Å². The first-order chi connectivity index (χ1) is 11.7. The molecular formula is C18H20Br2N4+2. The Morgan fingerprint density at radius 1 is 1.00 bits per heavy atom. The van der Waals surface area contributed by atoms with Gasteiger partial charge in [0.15, 0.2) is 0 Å². The fourth-order valence-electron chi connectivity index (χ4n) is 3.37. The van der Waals surface area contributed by atoms with Crippen LogP contribution in [0.4, 0.5) is 0 Å². The fraction of sp³-hybridized carbons (Fsp3) is 0.278. The zero-order valence-corrected chi connectivity index (χ0v) is 16.5. The number of hydrogen-bond acceptors (Lipinski definition) is 1. The quantitative estimate of drug-likeness (QED) is 0.622. The molecule has 3 aromatic rings. The van der Waals surface area contributed by atoms with Crippen molar-refractivity contribution >= 4 is 37.5 Å². The maximum Gasteiger partial charge on any atom is 0.137 e. The molecule has 0 radical (unpaired) electrons. The number of hydrogen-bond donors (Lipinski definition) is 2. The Hall–Kier alpha value is -1.21. The van der Waals surface area contributed by atoms with E-state index < -0.39 is 0 Å². The third kappa shape index (κ3) is 3.28. The van der Waals surface area contributed by atoms with Crippen LogP contribution in [-0.2, 0) is 6.54 Å². The monoisotopic (exact) mass is 450 g/mol. The number of nitrogens with one attached hydrogen (secondary N) is 1. The zero-order chi connectivity index (χ0) is 16.5. The van der Waals surface area contributed by atoms with Crippen LogP contribution in [0.2, 0.25) is 0 Å². The van der Waals surface area contributed by atoms with Crippen LogP contribution in [0.5, 0.6) is 0 Å². The van der Waals surface area contributed by atoms with E-state index in [0.717, 1.165) is 26.8 Å². The van der Waals surface area contributed by atoms with E-state index in [1.807, 2.05) is 0 Å². The molecule has 0 atom stereocenters. The van der Waals surface area contributed by atoms with E-state index in [9.17, 15) is 0 Å². The molecule has 4 nitrogen and oxygen atoms in total. The van der Waals surface area contributed by atoms with Crippen LogP contribution in [-0.4, -0.2) is 35.6 Å². The number of piperazine rings is 1. The summed E-state index contributed by atoms with van der Waals surface area (Å²) in [5.74, 6) is 0. The SMILES string of the molecule is Brc1ccc(-c2nc3ccc(Br)cn3c2C[NH+]2CC[NH2+]CC2)cc1. The molecule has 4 rings (SSSR count). The molecule has 1 aliphatic rings. The van der Waals surface area contributed by atoms with E-state index in [2.05, 4.69) is 84.2 Å². The highest BCUT2D eigenvalue weighted by molar-refractivity contribution is 9.10. The van der Waals surface area contributed by atoms with Crippen molar-refractivity contribution < 1.29 is 10.2 Å². The van der Waals surface area contributed by atoms with Gasteiger partial charge < -0.3 is 10.2 Å². The molecule has 0 amide bonds. The topological polar surface area (TPSA) is 38.4 Å². The second-order valence-electron chi connectivity index (χ2n) is 6.28. The van der Waals surface area contributed by atoms with Gasteiger partial charge in [-0.05, 0) is 40.2 Å². The van der Waals surface area contributed by atoms with Gasteiger partial charge in [-0.15, -0.1) is 0 Å². The number of halogens is 2. The van der Waals surface area contributed by atoms with Crippen LogP contribution < -0.4 is 10.2 Å². The van der Waals surface area contributed by atoms with Crippen LogP contribution in [0.25, 0.3) is 16.9 Å². The summed E-state index contributed by atoms with van der Waals surface area (Å²) < 4.78 is 4.42. The van der Waals surface area contributed by atoms with Gasteiger partial charge >= 0.3 is 0 Å². The van der Waals surface area contributed by atoms with Gasteiger partial charge in [0, 0.05) is 20.7 Å². The number of fused-ring (bicyclic) bond motifs is 1. The number of imidazole rings is 1. The number of aromatic nitrogens is 2. The van der Waals surface area contributed by atoms with E-state index in [4.69, 9.17) is 4.98 Å². The highest BCUT2D eigenvalue weighted by Gasteiger charge is 2.22. The summed E-state index contributed by atoms with van der Waals surface area (Å²) in [5.41, 5.74) is 4.58. The lowest BCUT2D eigenvalue weighted by molar-refractivity contribution is -0.958. The minimum absolute atomic E-state index is 1.01. The largest absolute Gasteiger partial charge is 0.337 e.